The summed E-state index contributed by atoms with van der Waals surface area (Å²) in [6, 6.07) is 19.6. The Morgan fingerprint density at radius 1 is 0.947 bits per heavy atom. The molecular weight excluding hydrogens is 230 g/mol. The number of anilines is 1. The first-order chi connectivity index (χ1) is 9.10. The lowest BCUT2D eigenvalue weighted by atomic mass is 9.87. The Hall–Kier alpha value is -1.76. The van der Waals surface area contributed by atoms with Crippen molar-refractivity contribution >= 4 is 5.69 Å². The molecule has 0 saturated heterocycles. The lowest BCUT2D eigenvalue weighted by Gasteiger charge is -2.37. The van der Waals surface area contributed by atoms with Gasteiger partial charge in [-0.3, -0.25) is 0 Å². The van der Waals surface area contributed by atoms with Crippen LogP contribution in [0.1, 0.15) is 37.8 Å². The second-order valence-electron chi connectivity index (χ2n) is 6.01. The third-order valence-corrected chi connectivity index (χ3v) is 4.63. The van der Waals surface area contributed by atoms with Crippen LogP contribution in [0.5, 0.6) is 0 Å². The molecule has 0 radical (unpaired) electrons. The normalized spacial score (nSPS) is 20.4. The van der Waals surface area contributed by atoms with Crippen molar-refractivity contribution in [1.82, 2.24) is 0 Å². The van der Waals surface area contributed by atoms with Gasteiger partial charge in [0.15, 0.2) is 0 Å². The predicted molar refractivity (Wildman–Crippen MR) is 81.6 cm³/mol. The molecule has 2 aromatic carbocycles. The molecule has 0 spiro atoms. The van der Waals surface area contributed by atoms with Gasteiger partial charge in [0, 0.05) is 23.7 Å². The summed E-state index contributed by atoms with van der Waals surface area (Å²) < 4.78 is 0. The second kappa shape index (κ2) is 4.41. The van der Waals surface area contributed by atoms with E-state index in [0.717, 1.165) is 6.54 Å². The fourth-order valence-electron chi connectivity index (χ4n) is 3.08. The quantitative estimate of drug-likeness (QED) is 0.754. The van der Waals surface area contributed by atoms with Crippen LogP contribution in [-0.2, 0) is 6.54 Å². The Balaban J connectivity index is 2.00. The lowest BCUT2D eigenvalue weighted by molar-refractivity contribution is 0.421. The molecule has 0 bridgehead atoms. The number of benzene rings is 2. The van der Waals surface area contributed by atoms with Crippen LogP contribution in [-0.4, -0.2) is 5.54 Å². The van der Waals surface area contributed by atoms with Crippen LogP contribution in [0.3, 0.4) is 0 Å². The summed E-state index contributed by atoms with van der Waals surface area (Å²) in [6.45, 7) is 8.01. The van der Waals surface area contributed by atoms with Crippen LogP contribution >= 0.6 is 0 Å². The summed E-state index contributed by atoms with van der Waals surface area (Å²) in [4.78, 5) is 2.54. The van der Waals surface area contributed by atoms with Crippen LogP contribution in [0.2, 0.25) is 0 Å². The van der Waals surface area contributed by atoms with Crippen LogP contribution in [0, 0.1) is 0 Å². The Kier molecular flexibility index (Phi) is 2.85. The maximum Gasteiger partial charge on any atom is 0.0435 e. The summed E-state index contributed by atoms with van der Waals surface area (Å²) in [5.41, 5.74) is 4.41. The first-order valence-corrected chi connectivity index (χ1v) is 7.01. The van der Waals surface area contributed by atoms with Crippen LogP contribution in [0.25, 0.3) is 0 Å². The number of hydrogen-bond donors (Lipinski definition) is 0. The summed E-state index contributed by atoms with van der Waals surface area (Å²) in [7, 11) is 0. The average Bonchev–Trinajstić information content (AvgIpc) is 2.62. The molecule has 1 heterocycles. The number of para-hydroxylation sites is 1. The monoisotopic (exact) mass is 251 g/mol. The van der Waals surface area contributed by atoms with Crippen LogP contribution in [0.15, 0.2) is 54.6 Å². The average molecular weight is 251 g/mol. The van der Waals surface area contributed by atoms with Crippen molar-refractivity contribution in [1.29, 1.82) is 0 Å². The molecule has 0 fully saturated rings. The molecule has 0 saturated carbocycles. The fraction of sp³-hybridized carbons (Fsp3) is 0.333. The Morgan fingerprint density at radius 2 is 1.58 bits per heavy atom. The van der Waals surface area contributed by atoms with Crippen molar-refractivity contribution < 1.29 is 0 Å². The standard InChI is InChI=1S/C18H21N/c1-14-16-11-7-8-12-17(16)19(18(14,2)3)13-15-9-5-4-6-10-15/h4-12,14H,13H2,1-3H3. The maximum absolute atomic E-state index is 2.54. The SMILES string of the molecule is CC1c2ccccc2N(Cc2ccccc2)C1(C)C. The van der Waals surface area contributed by atoms with Gasteiger partial charge >= 0.3 is 0 Å². The van der Waals surface area contributed by atoms with Gasteiger partial charge in [-0.2, -0.15) is 0 Å². The van der Waals surface area contributed by atoms with E-state index in [1.54, 1.807) is 0 Å². The molecule has 98 valence electrons. The highest BCUT2D eigenvalue weighted by Crippen LogP contribution is 2.47. The lowest BCUT2D eigenvalue weighted by Crippen LogP contribution is -2.42. The number of rotatable bonds is 2. The molecule has 0 aliphatic carbocycles. The minimum Gasteiger partial charge on any atom is -0.361 e. The van der Waals surface area contributed by atoms with E-state index < -0.39 is 0 Å². The van der Waals surface area contributed by atoms with Crippen LogP contribution in [0.4, 0.5) is 5.69 Å². The minimum atomic E-state index is 0.166. The van der Waals surface area contributed by atoms with Gasteiger partial charge in [-0.25, -0.2) is 0 Å². The summed E-state index contributed by atoms with van der Waals surface area (Å²) in [5, 5.41) is 0. The predicted octanol–water partition coefficient (Wildman–Crippen LogP) is 4.59. The van der Waals surface area contributed by atoms with Crippen molar-refractivity contribution in [2.24, 2.45) is 0 Å². The fourth-order valence-corrected chi connectivity index (χ4v) is 3.08. The molecule has 1 atom stereocenters. The van der Waals surface area contributed by atoms with Crippen molar-refractivity contribution in [3.63, 3.8) is 0 Å². The van der Waals surface area contributed by atoms with Crippen molar-refractivity contribution in [2.45, 2.75) is 38.8 Å². The van der Waals surface area contributed by atoms with Crippen molar-refractivity contribution in [3.8, 4) is 0 Å². The summed E-state index contributed by atoms with van der Waals surface area (Å²) in [5.74, 6) is 0.562. The van der Waals surface area contributed by atoms with E-state index in [2.05, 4.69) is 80.3 Å². The first-order valence-electron chi connectivity index (χ1n) is 7.01. The highest BCUT2D eigenvalue weighted by molar-refractivity contribution is 5.63. The molecule has 0 amide bonds. The van der Waals surface area contributed by atoms with Gasteiger partial charge in [0.2, 0.25) is 0 Å². The number of hydrogen-bond acceptors (Lipinski definition) is 1. The molecule has 1 unspecified atom stereocenters. The van der Waals surface area contributed by atoms with Gasteiger partial charge < -0.3 is 4.90 Å². The molecule has 0 N–H and O–H groups in total. The van der Waals surface area contributed by atoms with E-state index in [0.29, 0.717) is 5.92 Å². The third kappa shape index (κ3) is 1.94. The maximum atomic E-state index is 2.54. The van der Waals surface area contributed by atoms with Crippen LogP contribution < -0.4 is 4.90 Å². The molecule has 1 aliphatic heterocycles. The molecular formula is C18H21N. The summed E-state index contributed by atoms with van der Waals surface area (Å²) >= 11 is 0. The van der Waals surface area contributed by atoms with E-state index in [1.165, 1.54) is 16.8 Å². The third-order valence-electron chi connectivity index (χ3n) is 4.63. The molecule has 1 nitrogen and oxygen atoms in total. The Morgan fingerprint density at radius 3 is 2.32 bits per heavy atom. The van der Waals surface area contributed by atoms with Crippen molar-refractivity contribution in [2.75, 3.05) is 4.90 Å². The van der Waals surface area contributed by atoms with E-state index in [9.17, 15) is 0 Å². The van der Waals surface area contributed by atoms with E-state index in [4.69, 9.17) is 0 Å². The molecule has 0 aromatic heterocycles. The zero-order valence-corrected chi connectivity index (χ0v) is 11.9. The van der Waals surface area contributed by atoms with Gasteiger partial charge in [-0.1, -0.05) is 55.5 Å². The van der Waals surface area contributed by atoms with E-state index >= 15 is 0 Å². The van der Waals surface area contributed by atoms with E-state index in [1.807, 2.05) is 0 Å². The zero-order valence-electron chi connectivity index (χ0n) is 11.9. The van der Waals surface area contributed by atoms with Crippen molar-refractivity contribution in [3.05, 3.63) is 65.7 Å². The minimum absolute atomic E-state index is 0.166. The first kappa shape index (κ1) is 12.3. The number of nitrogens with zero attached hydrogens (tertiary/aromatic N) is 1. The Bertz CT molecular complexity index is 571. The van der Waals surface area contributed by atoms with Gasteiger partial charge in [-0.15, -0.1) is 0 Å². The van der Waals surface area contributed by atoms with Gasteiger partial charge in [0.1, 0.15) is 0 Å². The second-order valence-corrected chi connectivity index (χ2v) is 6.01. The highest BCUT2D eigenvalue weighted by atomic mass is 15.2. The smallest absolute Gasteiger partial charge is 0.0435 e. The number of fused-ring (bicyclic) bond motifs is 1. The molecule has 1 aliphatic rings. The summed E-state index contributed by atoms with van der Waals surface area (Å²) in [6.07, 6.45) is 0. The molecule has 19 heavy (non-hydrogen) atoms. The van der Waals surface area contributed by atoms with Gasteiger partial charge in [0.25, 0.3) is 0 Å². The zero-order chi connectivity index (χ0) is 13.5. The topological polar surface area (TPSA) is 3.24 Å². The van der Waals surface area contributed by atoms with E-state index in [-0.39, 0.29) is 5.54 Å². The molecule has 1 heteroatoms. The highest BCUT2D eigenvalue weighted by Gasteiger charge is 2.41. The molecule has 3 rings (SSSR count). The Labute approximate surface area is 115 Å². The molecule has 2 aromatic rings. The van der Waals surface area contributed by atoms with Gasteiger partial charge in [0.05, 0.1) is 0 Å². The largest absolute Gasteiger partial charge is 0.361 e. The van der Waals surface area contributed by atoms with Gasteiger partial charge in [-0.05, 0) is 31.0 Å².